The molecular weight excluding hydrogens is 542 g/mol. The molecule has 7 amide bonds. The van der Waals surface area contributed by atoms with Gasteiger partial charge in [0.1, 0.15) is 12.6 Å². The number of urea groups is 1. The molecule has 0 aliphatic rings. The fourth-order valence-electron chi connectivity index (χ4n) is 3.30. The Morgan fingerprint density at radius 3 is 2.34 bits per heavy atom. The summed E-state index contributed by atoms with van der Waals surface area (Å²) in [4.78, 5) is 71.9. The number of carbonyl (C=O) groups is 6. The van der Waals surface area contributed by atoms with Crippen LogP contribution in [0, 0.1) is 18.3 Å². The van der Waals surface area contributed by atoms with E-state index in [0.29, 0.717) is 5.56 Å². The van der Waals surface area contributed by atoms with E-state index in [1.54, 1.807) is 13.8 Å². The predicted octanol–water partition coefficient (Wildman–Crippen LogP) is -0.531. The van der Waals surface area contributed by atoms with Crippen LogP contribution in [0.2, 0.25) is 0 Å². The van der Waals surface area contributed by atoms with Crippen LogP contribution < -0.4 is 38.1 Å². The lowest BCUT2D eigenvalue weighted by atomic mass is 10.0. The van der Waals surface area contributed by atoms with Crippen LogP contribution in [-0.4, -0.2) is 72.9 Å². The van der Waals surface area contributed by atoms with E-state index in [1.165, 1.54) is 18.2 Å². The van der Waals surface area contributed by atoms with Crippen molar-refractivity contribution in [3.63, 3.8) is 0 Å². The molecule has 16 nitrogen and oxygen atoms in total. The Kier molecular flexibility index (Phi) is 14.5. The van der Waals surface area contributed by atoms with Crippen LogP contribution >= 0.6 is 0 Å². The highest BCUT2D eigenvalue weighted by atomic mass is 16.6. The zero-order chi connectivity index (χ0) is 30.9. The van der Waals surface area contributed by atoms with Gasteiger partial charge in [0.15, 0.2) is 12.7 Å². The molecule has 10 N–H and O–H groups in total. The molecule has 0 radical (unpaired) electrons. The summed E-state index contributed by atoms with van der Waals surface area (Å²) < 4.78 is 9.48. The molecule has 0 aromatic heterocycles. The van der Waals surface area contributed by atoms with Crippen molar-refractivity contribution in [1.29, 1.82) is 0 Å². The van der Waals surface area contributed by atoms with Gasteiger partial charge in [0, 0.05) is 23.5 Å². The van der Waals surface area contributed by atoms with Crippen molar-refractivity contribution in [1.82, 2.24) is 16.0 Å². The number of aliphatic hydroxyl groups is 1. The second kappa shape index (κ2) is 17.5. The standard InChI is InChI=1S/C25H35N7O9/c1-4-10-40-25(39)29-12-19(34)31-18-11-16(8-7-15(18)13-33)30-21(35)17(6-5-9-28-23(26)37)32-22(36)20(14(2)3)41-24(27)38/h1,7-8,11,14,17,20,33H,5-6,9-10,12-13H2,2-3H3,(H2,27,38)(H,29,39)(H,30,35)(H,31,34)(H,32,36)(H3,26,28,37). The first-order chi connectivity index (χ1) is 19.4. The van der Waals surface area contributed by atoms with Gasteiger partial charge in [-0.15, -0.1) is 6.42 Å². The molecule has 0 aliphatic heterocycles. The van der Waals surface area contributed by atoms with Crippen LogP contribution in [-0.2, 0) is 30.5 Å². The van der Waals surface area contributed by atoms with E-state index in [1.807, 2.05) is 0 Å². The molecule has 1 aromatic rings. The highest BCUT2D eigenvalue weighted by Gasteiger charge is 2.30. The van der Waals surface area contributed by atoms with Crippen molar-refractivity contribution in [2.45, 2.75) is 45.4 Å². The summed E-state index contributed by atoms with van der Waals surface area (Å²) >= 11 is 0. The summed E-state index contributed by atoms with van der Waals surface area (Å²) in [6.07, 6.45) is 1.95. The summed E-state index contributed by atoms with van der Waals surface area (Å²) in [7, 11) is 0. The number of anilines is 2. The molecule has 16 heteroatoms. The monoisotopic (exact) mass is 577 g/mol. The smallest absolute Gasteiger partial charge is 0.408 e. The minimum atomic E-state index is -1.27. The number of alkyl carbamates (subject to hydrolysis) is 1. The number of primary amides is 2. The molecule has 1 aromatic carbocycles. The van der Waals surface area contributed by atoms with Crippen LogP contribution in [0.5, 0.6) is 0 Å². The number of aliphatic hydroxyl groups excluding tert-OH is 1. The van der Waals surface area contributed by atoms with E-state index in [4.69, 9.17) is 22.6 Å². The topological polar surface area (TPSA) is 253 Å². The number of rotatable bonds is 15. The quantitative estimate of drug-likeness (QED) is 0.0983. The van der Waals surface area contributed by atoms with Crippen LogP contribution in [0.15, 0.2) is 18.2 Å². The van der Waals surface area contributed by atoms with Gasteiger partial charge in [-0.05, 0) is 30.9 Å². The van der Waals surface area contributed by atoms with Gasteiger partial charge in [0.25, 0.3) is 5.91 Å². The maximum Gasteiger partial charge on any atom is 0.408 e. The first-order valence-electron chi connectivity index (χ1n) is 12.4. The maximum atomic E-state index is 13.2. The summed E-state index contributed by atoms with van der Waals surface area (Å²) in [5, 5.41) is 21.9. The van der Waals surface area contributed by atoms with Gasteiger partial charge < -0.3 is 52.6 Å². The van der Waals surface area contributed by atoms with Crippen LogP contribution in [0.25, 0.3) is 0 Å². The highest BCUT2D eigenvalue weighted by molar-refractivity contribution is 5.99. The van der Waals surface area contributed by atoms with Crippen molar-refractivity contribution in [2.24, 2.45) is 17.4 Å². The summed E-state index contributed by atoms with van der Waals surface area (Å²) in [6.45, 7) is 2.16. The lowest BCUT2D eigenvalue weighted by Crippen LogP contribution is -2.50. The van der Waals surface area contributed by atoms with Gasteiger partial charge in [-0.1, -0.05) is 25.8 Å². The van der Waals surface area contributed by atoms with E-state index in [2.05, 4.69) is 37.2 Å². The number of ether oxygens (including phenoxy) is 2. The Labute approximate surface area is 236 Å². The Morgan fingerprint density at radius 2 is 1.76 bits per heavy atom. The molecule has 0 saturated heterocycles. The third kappa shape index (κ3) is 13.0. The minimum absolute atomic E-state index is 0.0546. The SMILES string of the molecule is C#CCOC(=O)NCC(=O)Nc1cc(NC(=O)C(CCCNC(N)=O)NC(=O)C(OC(N)=O)C(C)C)ccc1CO. The van der Waals surface area contributed by atoms with Crippen LogP contribution in [0.1, 0.15) is 32.3 Å². The molecule has 0 fully saturated rings. The lowest BCUT2D eigenvalue weighted by Gasteiger charge is -2.24. The molecule has 2 unspecified atom stereocenters. The number of terminal acetylenes is 1. The number of benzene rings is 1. The Bertz CT molecular complexity index is 1150. The fourth-order valence-corrected chi connectivity index (χ4v) is 3.30. The summed E-state index contributed by atoms with van der Waals surface area (Å²) in [5.41, 5.74) is 10.7. The third-order valence-electron chi connectivity index (χ3n) is 5.21. The summed E-state index contributed by atoms with van der Waals surface area (Å²) in [5.74, 6) is -0.467. The maximum absolute atomic E-state index is 13.2. The van der Waals surface area contributed by atoms with E-state index in [9.17, 15) is 33.9 Å². The van der Waals surface area contributed by atoms with Crippen molar-refractivity contribution in [3.05, 3.63) is 23.8 Å². The van der Waals surface area contributed by atoms with Crippen molar-refractivity contribution < 1.29 is 43.3 Å². The van der Waals surface area contributed by atoms with Crippen molar-refractivity contribution in [3.8, 4) is 12.3 Å². The second-order valence-corrected chi connectivity index (χ2v) is 8.80. The van der Waals surface area contributed by atoms with Gasteiger partial charge in [0.2, 0.25) is 11.8 Å². The number of carbonyl (C=O) groups excluding carboxylic acids is 6. The van der Waals surface area contributed by atoms with Crippen molar-refractivity contribution in [2.75, 3.05) is 30.3 Å². The van der Waals surface area contributed by atoms with E-state index < -0.39 is 67.2 Å². The molecule has 0 heterocycles. The Balaban J connectivity index is 3.03. The number of nitrogens with one attached hydrogen (secondary N) is 5. The van der Waals surface area contributed by atoms with Crippen molar-refractivity contribution >= 4 is 47.3 Å². The zero-order valence-corrected chi connectivity index (χ0v) is 22.7. The molecule has 0 saturated carbocycles. The van der Waals surface area contributed by atoms with E-state index in [-0.39, 0.29) is 37.4 Å². The molecule has 224 valence electrons. The van der Waals surface area contributed by atoms with Gasteiger partial charge in [-0.2, -0.15) is 0 Å². The van der Waals surface area contributed by atoms with Gasteiger partial charge in [-0.25, -0.2) is 14.4 Å². The largest absolute Gasteiger partial charge is 0.436 e. The average molecular weight is 578 g/mol. The highest BCUT2D eigenvalue weighted by Crippen LogP contribution is 2.22. The average Bonchev–Trinajstić information content (AvgIpc) is 2.90. The van der Waals surface area contributed by atoms with E-state index >= 15 is 0 Å². The van der Waals surface area contributed by atoms with Crippen LogP contribution in [0.4, 0.5) is 25.8 Å². The Hall–Kier alpha value is -5.04. The Morgan fingerprint density at radius 1 is 1.05 bits per heavy atom. The first-order valence-corrected chi connectivity index (χ1v) is 12.4. The van der Waals surface area contributed by atoms with E-state index in [0.717, 1.165) is 0 Å². The number of hydrogen-bond acceptors (Lipinski definition) is 9. The lowest BCUT2D eigenvalue weighted by molar-refractivity contribution is -0.134. The predicted molar refractivity (Wildman–Crippen MR) is 146 cm³/mol. The molecule has 0 aliphatic carbocycles. The summed E-state index contributed by atoms with van der Waals surface area (Å²) in [6, 6.07) is 2.35. The molecule has 1 rings (SSSR count). The normalized spacial score (nSPS) is 11.7. The molecular formula is C25H35N7O9. The number of nitrogens with two attached hydrogens (primary N) is 2. The molecule has 0 spiro atoms. The fraction of sp³-hybridized carbons (Fsp3) is 0.440. The van der Waals surface area contributed by atoms with Gasteiger partial charge in [0.05, 0.1) is 6.61 Å². The van der Waals surface area contributed by atoms with Gasteiger partial charge >= 0.3 is 18.2 Å². The molecule has 0 bridgehead atoms. The van der Waals surface area contributed by atoms with Gasteiger partial charge in [-0.3, -0.25) is 14.4 Å². The number of hydrogen-bond donors (Lipinski definition) is 8. The van der Waals surface area contributed by atoms with Crippen LogP contribution in [0.3, 0.4) is 0 Å². The second-order valence-electron chi connectivity index (χ2n) is 8.80. The molecule has 41 heavy (non-hydrogen) atoms. The first kappa shape index (κ1) is 34.0. The minimum Gasteiger partial charge on any atom is -0.436 e. The number of amides is 7. The third-order valence-corrected chi connectivity index (χ3v) is 5.21. The zero-order valence-electron chi connectivity index (χ0n) is 22.7. The molecule has 2 atom stereocenters.